The molecule has 0 bridgehead atoms. The summed E-state index contributed by atoms with van der Waals surface area (Å²) < 4.78 is 5.02. The Hall–Kier alpha value is -1.24. The quantitative estimate of drug-likeness (QED) is 0.574. The third kappa shape index (κ3) is 1.67. The first kappa shape index (κ1) is 8.85. The van der Waals surface area contributed by atoms with Gasteiger partial charge in [0.1, 0.15) is 0 Å². The van der Waals surface area contributed by atoms with Crippen LogP contribution in [-0.2, 0) is 0 Å². The number of rotatable bonds is 0. The number of fused-ring (bicyclic) bond motifs is 1. The van der Waals surface area contributed by atoms with E-state index in [4.69, 9.17) is 4.42 Å². The monoisotopic (exact) mass is 162 g/mol. The van der Waals surface area contributed by atoms with Gasteiger partial charge in [-0.3, -0.25) is 0 Å². The molecule has 64 valence electrons. The van der Waals surface area contributed by atoms with Gasteiger partial charge in [0.05, 0.1) is 12.5 Å². The molecule has 0 fully saturated rings. The van der Waals surface area contributed by atoms with E-state index in [0.29, 0.717) is 0 Å². The number of hydrogen-bond acceptors (Lipinski definition) is 1. The highest BCUT2D eigenvalue weighted by atomic mass is 16.3. The topological polar surface area (TPSA) is 13.1 Å². The Kier molecular flexibility index (Phi) is 2.92. The zero-order chi connectivity index (χ0) is 8.97. The summed E-state index contributed by atoms with van der Waals surface area (Å²) >= 11 is 0. The maximum Gasteiger partial charge on any atom is 0.0981 e. The molecule has 1 heterocycles. The summed E-state index contributed by atoms with van der Waals surface area (Å²) in [6.07, 6.45) is 3.52. The zero-order valence-corrected chi connectivity index (χ0v) is 7.79. The maximum atomic E-state index is 5.02. The van der Waals surface area contributed by atoms with E-state index in [1.165, 1.54) is 16.3 Å². The highest BCUT2D eigenvalue weighted by molar-refractivity contribution is 5.81. The molecule has 2 rings (SSSR count). The number of aryl methyl sites for hydroxylation is 1. The molecule has 12 heavy (non-hydrogen) atoms. The van der Waals surface area contributed by atoms with E-state index in [1.807, 2.05) is 13.8 Å². The summed E-state index contributed by atoms with van der Waals surface area (Å²) in [7, 11) is 0. The fourth-order valence-electron chi connectivity index (χ4n) is 1.08. The van der Waals surface area contributed by atoms with Crippen LogP contribution < -0.4 is 0 Å². The Balaban J connectivity index is 0.000000336. The molecule has 0 aliphatic carbocycles. The van der Waals surface area contributed by atoms with Gasteiger partial charge in [-0.15, -0.1) is 0 Å². The smallest absolute Gasteiger partial charge is 0.0981 e. The number of hydrogen-bond donors (Lipinski definition) is 0. The molecule has 1 aromatic heterocycles. The fraction of sp³-hybridized carbons (Fsp3) is 0.273. The molecule has 0 radical (unpaired) electrons. The van der Waals surface area contributed by atoms with Gasteiger partial charge in [0.2, 0.25) is 0 Å². The molecule has 0 N–H and O–H groups in total. The first-order valence-corrected chi connectivity index (χ1v) is 4.29. The van der Waals surface area contributed by atoms with Crippen LogP contribution in [0.3, 0.4) is 0 Å². The van der Waals surface area contributed by atoms with Crippen LogP contribution in [0.5, 0.6) is 0 Å². The lowest BCUT2D eigenvalue weighted by Gasteiger charge is -1.88. The molecule has 0 spiro atoms. The normalized spacial score (nSPS) is 9.25. The second kappa shape index (κ2) is 3.96. The SMILES string of the molecule is CC.Cc1ccc2cocc2c1. The van der Waals surface area contributed by atoms with Crippen LogP contribution in [0.4, 0.5) is 0 Å². The van der Waals surface area contributed by atoms with Crippen LogP contribution in [0.25, 0.3) is 10.8 Å². The van der Waals surface area contributed by atoms with Crippen LogP contribution in [0.1, 0.15) is 19.4 Å². The highest BCUT2D eigenvalue weighted by Gasteiger charge is 1.92. The second-order valence-corrected chi connectivity index (χ2v) is 2.50. The van der Waals surface area contributed by atoms with E-state index >= 15 is 0 Å². The molecular weight excluding hydrogens is 148 g/mol. The van der Waals surface area contributed by atoms with Gasteiger partial charge in [0.25, 0.3) is 0 Å². The summed E-state index contributed by atoms with van der Waals surface area (Å²) in [5.41, 5.74) is 1.27. The Morgan fingerprint density at radius 1 is 1.00 bits per heavy atom. The van der Waals surface area contributed by atoms with E-state index in [9.17, 15) is 0 Å². The third-order valence-electron chi connectivity index (χ3n) is 1.63. The van der Waals surface area contributed by atoms with Gasteiger partial charge >= 0.3 is 0 Å². The zero-order valence-electron chi connectivity index (χ0n) is 7.79. The van der Waals surface area contributed by atoms with Crippen molar-refractivity contribution in [3.05, 3.63) is 36.3 Å². The lowest BCUT2D eigenvalue weighted by molar-refractivity contribution is 0.572. The van der Waals surface area contributed by atoms with E-state index < -0.39 is 0 Å². The van der Waals surface area contributed by atoms with E-state index in [1.54, 1.807) is 12.5 Å². The summed E-state index contributed by atoms with van der Waals surface area (Å²) in [6.45, 7) is 6.08. The summed E-state index contributed by atoms with van der Waals surface area (Å²) in [5.74, 6) is 0. The lowest BCUT2D eigenvalue weighted by Crippen LogP contribution is -1.67. The number of benzene rings is 1. The molecular formula is C11H14O. The predicted molar refractivity (Wildman–Crippen MR) is 52.3 cm³/mol. The molecule has 0 amide bonds. The molecule has 1 nitrogen and oxygen atoms in total. The summed E-state index contributed by atoms with van der Waals surface area (Å²) in [4.78, 5) is 0. The Morgan fingerprint density at radius 2 is 1.67 bits per heavy atom. The maximum absolute atomic E-state index is 5.02. The standard InChI is InChI=1S/C9H8O.C2H6/c1-7-2-3-8-5-10-6-9(8)4-7;1-2/h2-6H,1H3;1-2H3. The lowest BCUT2D eigenvalue weighted by atomic mass is 10.1. The molecule has 0 aliphatic rings. The van der Waals surface area contributed by atoms with Crippen molar-refractivity contribution in [3.63, 3.8) is 0 Å². The van der Waals surface area contributed by atoms with Crippen LogP contribution >= 0.6 is 0 Å². The van der Waals surface area contributed by atoms with Gasteiger partial charge in [-0.2, -0.15) is 0 Å². The van der Waals surface area contributed by atoms with E-state index in [-0.39, 0.29) is 0 Å². The van der Waals surface area contributed by atoms with Crippen LogP contribution in [0.15, 0.2) is 35.1 Å². The van der Waals surface area contributed by atoms with Crippen LogP contribution in [-0.4, -0.2) is 0 Å². The van der Waals surface area contributed by atoms with E-state index in [2.05, 4.69) is 25.1 Å². The van der Waals surface area contributed by atoms with Crippen molar-refractivity contribution in [3.8, 4) is 0 Å². The molecule has 0 saturated heterocycles. The van der Waals surface area contributed by atoms with Crippen LogP contribution in [0, 0.1) is 6.92 Å². The minimum atomic E-state index is 1.17. The van der Waals surface area contributed by atoms with Crippen molar-refractivity contribution in [1.82, 2.24) is 0 Å². The van der Waals surface area contributed by atoms with Gasteiger partial charge in [-0.25, -0.2) is 0 Å². The average Bonchev–Trinajstić information content (AvgIpc) is 2.54. The molecule has 0 aliphatic heterocycles. The molecule has 0 saturated carbocycles. The minimum Gasteiger partial charge on any atom is -0.471 e. The largest absolute Gasteiger partial charge is 0.471 e. The third-order valence-corrected chi connectivity index (χ3v) is 1.63. The van der Waals surface area contributed by atoms with Gasteiger partial charge in [-0.1, -0.05) is 31.5 Å². The van der Waals surface area contributed by atoms with Crippen molar-refractivity contribution in [1.29, 1.82) is 0 Å². The Morgan fingerprint density at radius 3 is 2.42 bits per heavy atom. The number of furan rings is 1. The van der Waals surface area contributed by atoms with Gasteiger partial charge < -0.3 is 4.42 Å². The Bertz CT molecular complexity index is 347. The first-order chi connectivity index (χ1) is 5.86. The fourth-order valence-corrected chi connectivity index (χ4v) is 1.08. The van der Waals surface area contributed by atoms with Crippen molar-refractivity contribution in [2.24, 2.45) is 0 Å². The predicted octanol–water partition coefficient (Wildman–Crippen LogP) is 3.77. The second-order valence-electron chi connectivity index (χ2n) is 2.50. The van der Waals surface area contributed by atoms with Crippen molar-refractivity contribution in [2.75, 3.05) is 0 Å². The molecule has 2 aromatic rings. The summed E-state index contributed by atoms with van der Waals surface area (Å²) in [6, 6.07) is 6.25. The first-order valence-electron chi connectivity index (χ1n) is 4.29. The minimum absolute atomic E-state index is 1.17. The van der Waals surface area contributed by atoms with Crippen molar-refractivity contribution >= 4 is 10.8 Å². The van der Waals surface area contributed by atoms with Gasteiger partial charge in [0.15, 0.2) is 0 Å². The molecule has 1 heteroatoms. The molecule has 0 atom stereocenters. The average molecular weight is 162 g/mol. The van der Waals surface area contributed by atoms with Gasteiger partial charge in [-0.05, 0) is 13.0 Å². The molecule has 0 unspecified atom stereocenters. The van der Waals surface area contributed by atoms with E-state index in [0.717, 1.165) is 0 Å². The van der Waals surface area contributed by atoms with Gasteiger partial charge in [0, 0.05) is 10.8 Å². The highest BCUT2D eigenvalue weighted by Crippen LogP contribution is 2.15. The van der Waals surface area contributed by atoms with Crippen LogP contribution in [0.2, 0.25) is 0 Å². The molecule has 1 aromatic carbocycles. The van der Waals surface area contributed by atoms with Crippen molar-refractivity contribution in [2.45, 2.75) is 20.8 Å². The van der Waals surface area contributed by atoms with Crippen molar-refractivity contribution < 1.29 is 4.42 Å². The summed E-state index contributed by atoms with van der Waals surface area (Å²) in [5, 5.41) is 2.35. The Labute approximate surface area is 73.0 Å².